The summed E-state index contributed by atoms with van der Waals surface area (Å²) in [5, 5.41) is 0. The number of hydrogen-bond donors (Lipinski definition) is 0. The molecule has 0 aliphatic carbocycles. The number of sulfonamides is 1. The van der Waals surface area contributed by atoms with Crippen LogP contribution in [0.15, 0.2) is 41.3 Å². The van der Waals surface area contributed by atoms with Crippen molar-refractivity contribution < 1.29 is 13.2 Å². The van der Waals surface area contributed by atoms with Gasteiger partial charge in [-0.05, 0) is 54.8 Å². The minimum atomic E-state index is -3.46. The zero-order valence-electron chi connectivity index (χ0n) is 15.2. The standard InChI is InChI=1S/C20H24N2O3S/c1-15-4-3-5-19(16(15)2)21-9-11-22(12-10-21)26(23,24)18-6-7-20-17(14-18)8-13-25-20/h3-7,14H,8-13H2,1-2H3. The number of aryl methyl sites for hydroxylation is 1. The molecule has 2 heterocycles. The summed E-state index contributed by atoms with van der Waals surface area (Å²) < 4.78 is 33.1. The maximum Gasteiger partial charge on any atom is 0.243 e. The maximum absolute atomic E-state index is 13.0. The molecule has 0 N–H and O–H groups in total. The Morgan fingerprint density at radius 2 is 1.77 bits per heavy atom. The molecule has 5 nitrogen and oxygen atoms in total. The van der Waals surface area contributed by atoms with Crippen molar-refractivity contribution >= 4 is 15.7 Å². The molecule has 1 fully saturated rings. The topological polar surface area (TPSA) is 49.9 Å². The molecule has 0 saturated carbocycles. The van der Waals surface area contributed by atoms with Crippen molar-refractivity contribution in [3.63, 3.8) is 0 Å². The first-order chi connectivity index (χ1) is 12.5. The van der Waals surface area contributed by atoms with E-state index in [2.05, 4.69) is 36.9 Å². The molecule has 2 aliphatic heterocycles. The number of nitrogens with zero attached hydrogens (tertiary/aromatic N) is 2. The van der Waals surface area contributed by atoms with Gasteiger partial charge in [0.05, 0.1) is 11.5 Å². The normalized spacial score (nSPS) is 17.8. The molecule has 0 amide bonds. The Bertz CT molecular complexity index is 932. The molecule has 26 heavy (non-hydrogen) atoms. The number of anilines is 1. The van der Waals surface area contributed by atoms with E-state index in [1.807, 2.05) is 0 Å². The second-order valence-electron chi connectivity index (χ2n) is 6.98. The van der Waals surface area contributed by atoms with Gasteiger partial charge in [-0.15, -0.1) is 0 Å². The van der Waals surface area contributed by atoms with Crippen LogP contribution < -0.4 is 9.64 Å². The molecule has 0 atom stereocenters. The Labute approximate surface area is 155 Å². The van der Waals surface area contributed by atoms with Crippen LogP contribution >= 0.6 is 0 Å². The Kier molecular flexibility index (Phi) is 4.40. The smallest absolute Gasteiger partial charge is 0.243 e. The molecule has 4 rings (SSSR count). The second kappa shape index (κ2) is 6.59. The van der Waals surface area contributed by atoms with E-state index < -0.39 is 10.0 Å². The molecule has 2 aliphatic rings. The highest BCUT2D eigenvalue weighted by Crippen LogP contribution is 2.30. The van der Waals surface area contributed by atoms with Crippen molar-refractivity contribution in [1.29, 1.82) is 0 Å². The SMILES string of the molecule is Cc1cccc(N2CCN(S(=O)(=O)c3ccc4c(c3)CCO4)CC2)c1C. The molecule has 0 unspecified atom stereocenters. The summed E-state index contributed by atoms with van der Waals surface area (Å²) in [7, 11) is -3.46. The van der Waals surface area contributed by atoms with Gasteiger partial charge in [-0.3, -0.25) is 0 Å². The third-order valence-corrected chi connectivity index (χ3v) is 7.35. The molecule has 2 aromatic rings. The Balaban J connectivity index is 1.51. The van der Waals surface area contributed by atoms with Crippen molar-refractivity contribution in [3.05, 3.63) is 53.1 Å². The predicted octanol–water partition coefficient (Wildman–Crippen LogP) is 2.75. The van der Waals surface area contributed by atoms with Gasteiger partial charge in [0.25, 0.3) is 0 Å². The van der Waals surface area contributed by atoms with Gasteiger partial charge >= 0.3 is 0 Å². The highest BCUT2D eigenvalue weighted by Gasteiger charge is 2.30. The number of hydrogen-bond acceptors (Lipinski definition) is 4. The van der Waals surface area contributed by atoms with Gasteiger partial charge in [0.2, 0.25) is 10.0 Å². The molecule has 6 heteroatoms. The summed E-state index contributed by atoms with van der Waals surface area (Å²) in [4.78, 5) is 2.66. The summed E-state index contributed by atoms with van der Waals surface area (Å²) in [6.45, 7) is 7.28. The Morgan fingerprint density at radius 3 is 2.54 bits per heavy atom. The fourth-order valence-corrected chi connectivity index (χ4v) is 5.19. The first kappa shape index (κ1) is 17.4. The molecular formula is C20H24N2O3S. The number of benzene rings is 2. The van der Waals surface area contributed by atoms with Gasteiger partial charge < -0.3 is 9.64 Å². The number of fused-ring (bicyclic) bond motifs is 1. The predicted molar refractivity (Wildman–Crippen MR) is 103 cm³/mol. The lowest BCUT2D eigenvalue weighted by Gasteiger charge is -2.36. The van der Waals surface area contributed by atoms with Crippen molar-refractivity contribution in [2.45, 2.75) is 25.2 Å². The highest BCUT2D eigenvalue weighted by molar-refractivity contribution is 7.89. The zero-order valence-corrected chi connectivity index (χ0v) is 16.1. The first-order valence-corrected chi connectivity index (χ1v) is 10.5. The molecule has 0 bridgehead atoms. The molecular weight excluding hydrogens is 348 g/mol. The molecule has 0 spiro atoms. The molecule has 2 aromatic carbocycles. The van der Waals surface area contributed by atoms with Gasteiger partial charge in [0, 0.05) is 38.3 Å². The molecule has 138 valence electrons. The Hall–Kier alpha value is -2.05. The summed E-state index contributed by atoms with van der Waals surface area (Å²) in [5.74, 6) is 0.809. The summed E-state index contributed by atoms with van der Waals surface area (Å²) in [6.07, 6.45) is 0.777. The van der Waals surface area contributed by atoms with Crippen molar-refractivity contribution in [3.8, 4) is 5.75 Å². The van der Waals surface area contributed by atoms with Crippen LogP contribution in [0, 0.1) is 13.8 Å². The fraction of sp³-hybridized carbons (Fsp3) is 0.400. The van der Waals surface area contributed by atoms with E-state index in [0.717, 1.165) is 17.7 Å². The fourth-order valence-electron chi connectivity index (χ4n) is 3.72. The maximum atomic E-state index is 13.0. The second-order valence-corrected chi connectivity index (χ2v) is 8.92. The average Bonchev–Trinajstić information content (AvgIpc) is 3.12. The summed E-state index contributed by atoms with van der Waals surface area (Å²) in [5.41, 5.74) is 4.72. The van der Waals surface area contributed by atoms with E-state index in [1.54, 1.807) is 22.5 Å². The van der Waals surface area contributed by atoms with E-state index >= 15 is 0 Å². The van der Waals surface area contributed by atoms with Crippen molar-refractivity contribution in [2.24, 2.45) is 0 Å². The van der Waals surface area contributed by atoms with Gasteiger partial charge in [-0.1, -0.05) is 12.1 Å². The summed E-state index contributed by atoms with van der Waals surface area (Å²) >= 11 is 0. The van der Waals surface area contributed by atoms with Gasteiger partial charge in [-0.2, -0.15) is 4.31 Å². The van der Waals surface area contributed by atoms with Crippen LogP contribution in [-0.2, 0) is 16.4 Å². The molecule has 0 aromatic heterocycles. The van der Waals surface area contributed by atoms with Crippen LogP contribution in [0.4, 0.5) is 5.69 Å². The Morgan fingerprint density at radius 1 is 1.00 bits per heavy atom. The van der Waals surface area contributed by atoms with Crippen molar-refractivity contribution in [1.82, 2.24) is 4.31 Å². The lowest BCUT2D eigenvalue weighted by atomic mass is 10.1. The minimum Gasteiger partial charge on any atom is -0.493 e. The summed E-state index contributed by atoms with van der Waals surface area (Å²) in [6, 6.07) is 11.5. The van der Waals surface area contributed by atoms with E-state index in [0.29, 0.717) is 37.7 Å². The van der Waals surface area contributed by atoms with Crippen LogP contribution in [0.5, 0.6) is 5.75 Å². The van der Waals surface area contributed by atoms with E-state index in [9.17, 15) is 8.42 Å². The lowest BCUT2D eigenvalue weighted by Crippen LogP contribution is -2.48. The third-order valence-electron chi connectivity index (χ3n) is 5.45. The van der Waals surface area contributed by atoms with E-state index in [4.69, 9.17) is 4.74 Å². The number of rotatable bonds is 3. The van der Waals surface area contributed by atoms with Crippen LogP contribution in [0.2, 0.25) is 0 Å². The van der Waals surface area contributed by atoms with Crippen LogP contribution in [0.3, 0.4) is 0 Å². The van der Waals surface area contributed by atoms with Crippen LogP contribution in [0.25, 0.3) is 0 Å². The molecule has 0 radical (unpaired) electrons. The third kappa shape index (κ3) is 2.97. The molecule has 1 saturated heterocycles. The van der Waals surface area contributed by atoms with Gasteiger partial charge in [0.1, 0.15) is 5.75 Å². The quantitative estimate of drug-likeness (QED) is 0.831. The average molecular weight is 372 g/mol. The van der Waals surface area contributed by atoms with E-state index in [-0.39, 0.29) is 0 Å². The first-order valence-electron chi connectivity index (χ1n) is 9.04. The largest absolute Gasteiger partial charge is 0.493 e. The van der Waals surface area contributed by atoms with Crippen LogP contribution in [0.1, 0.15) is 16.7 Å². The van der Waals surface area contributed by atoms with Crippen LogP contribution in [-0.4, -0.2) is 45.5 Å². The van der Waals surface area contributed by atoms with Gasteiger partial charge in [0.15, 0.2) is 0 Å². The van der Waals surface area contributed by atoms with E-state index in [1.165, 1.54) is 16.8 Å². The zero-order chi connectivity index (χ0) is 18.3. The van der Waals surface area contributed by atoms with Crippen molar-refractivity contribution in [2.75, 3.05) is 37.7 Å². The lowest BCUT2D eigenvalue weighted by molar-refractivity contribution is 0.356. The monoisotopic (exact) mass is 372 g/mol. The number of piperazine rings is 1. The van der Waals surface area contributed by atoms with Gasteiger partial charge in [-0.25, -0.2) is 8.42 Å². The number of ether oxygens (including phenoxy) is 1. The minimum absolute atomic E-state index is 0.377. The highest BCUT2D eigenvalue weighted by atomic mass is 32.2.